The van der Waals surface area contributed by atoms with Crippen LogP contribution in [0.4, 0.5) is 71.9 Å². The number of piperidine rings is 6. The Hall–Kier alpha value is -15.8. The zero-order valence-electron chi connectivity index (χ0n) is 81.9. The van der Waals surface area contributed by atoms with E-state index in [0.717, 1.165) is 233 Å². The summed E-state index contributed by atoms with van der Waals surface area (Å²) in [5.74, 6) is 0.132. The minimum absolute atomic E-state index is 0. The molecule has 33 nitrogen and oxygen atoms in total. The predicted octanol–water partition coefficient (Wildman–Crippen LogP) is 22.3. The standard InChI is InChI=1S/C29H31F2N7O.C28H31N7O.C27H29N7O2.C27H29N7O.4CH4/c30-29(31)8-12-37(13-9-29)19-20-14-22(17-32-16-20)21-4-6-25-24(15-21)27(36-35-25)28(39)34-23-5-7-26(33-18-23)38-10-2-1-3-11-38;36-28(31-22-8-10-26(30-18-22)35-13-5-2-6-14-35)27-24-16-20(7-9-25(24)32-33-27)21-15-23(19-29-17-21)34-11-3-1-4-12-34;35-27(30-21-5-7-25(29-17-21)34-8-2-1-3-9-34)26-23-15-19(4-6-24(23)31-32-26)20-14-22(18-28-16-20)33-10-12-36-13-11-33;35-27(30-21-7-9-25(29-17-21)34-12-2-1-3-13-34)26-23-15-19(6-8-24(23)31-32-26)20-14-22(18-28-16-20)33-10-4-5-11-33;;;;/h4-7,14-18H,1-3,8-13,19H2,(H,34,39)(H,35,36);7-10,15-19H,1-6,11-14H2,(H,31,36)(H,32,33);4-7,14-18H,1-3,8-13H2,(H,30,35)(H,31,32);6-9,14-18H,1-5,10-13H2,(H,30,35)(H,31,32);4*1H4. The highest BCUT2D eigenvalue weighted by molar-refractivity contribution is 6.15. The molecule has 16 aromatic rings. The van der Waals surface area contributed by atoms with E-state index >= 15 is 0 Å². The molecule has 4 aromatic carbocycles. The molecule has 0 spiro atoms. The summed E-state index contributed by atoms with van der Waals surface area (Å²) in [6.45, 7) is 17.0. The van der Waals surface area contributed by atoms with Crippen LogP contribution >= 0.6 is 0 Å². The maximum absolute atomic E-state index is 13.5. The fourth-order valence-electron chi connectivity index (χ4n) is 20.6. The van der Waals surface area contributed by atoms with Crippen LogP contribution in [0.25, 0.3) is 88.1 Å². The molecule has 8 saturated heterocycles. The van der Waals surface area contributed by atoms with Crippen LogP contribution in [0.3, 0.4) is 0 Å². The van der Waals surface area contributed by atoms with Gasteiger partial charge in [-0.15, -0.1) is 0 Å². The Morgan fingerprint density at radius 3 is 0.820 bits per heavy atom. The lowest BCUT2D eigenvalue weighted by atomic mass is 10.0. The molecule has 8 aliphatic heterocycles. The summed E-state index contributed by atoms with van der Waals surface area (Å²) in [4.78, 5) is 107. The van der Waals surface area contributed by atoms with Gasteiger partial charge in [-0.3, -0.25) is 64.4 Å². The molecule has 150 heavy (non-hydrogen) atoms. The SMILES string of the molecule is C.C.C.C.O=C(Nc1ccc(N2CCCCC2)nc1)c1n[nH]c2ccc(-c3cncc(CN4CCC(F)(F)CC4)c3)cc12.O=C(Nc1ccc(N2CCCCC2)nc1)c1n[nH]c2ccc(-c3cncc(N4CCCC4)c3)cc12.O=C(Nc1ccc(N2CCCCC2)nc1)c1n[nH]c2ccc(-c3cncc(N4CCCCC4)c3)cc12.O=C(Nc1ccc(N2CCCCC2)nc1)c1n[nH]c2ccc(-c3cncc(N4CCOCC4)c3)cc12. The van der Waals surface area contributed by atoms with E-state index in [1.165, 1.54) is 109 Å². The Bertz CT molecular complexity index is 7000. The first-order valence-electron chi connectivity index (χ1n) is 51.4. The van der Waals surface area contributed by atoms with Gasteiger partial charge in [-0.1, -0.05) is 54.0 Å². The molecule has 8 aliphatic rings. The van der Waals surface area contributed by atoms with Gasteiger partial charge in [0.05, 0.1) is 118 Å². The molecule has 0 radical (unpaired) electrons. The Kier molecular flexibility index (Phi) is 34.7. The number of benzene rings is 4. The van der Waals surface area contributed by atoms with Crippen LogP contribution in [-0.4, -0.2) is 233 Å². The van der Waals surface area contributed by atoms with Crippen LogP contribution in [0, 0.1) is 0 Å². The second kappa shape index (κ2) is 49.4. The summed E-state index contributed by atoms with van der Waals surface area (Å²) >= 11 is 0. The van der Waals surface area contributed by atoms with Crippen molar-refractivity contribution < 1.29 is 32.7 Å². The molecule has 780 valence electrons. The van der Waals surface area contributed by atoms with Crippen LogP contribution in [0.5, 0.6) is 0 Å². The quantitative estimate of drug-likeness (QED) is 0.0331. The van der Waals surface area contributed by atoms with Crippen molar-refractivity contribution >= 4 is 130 Å². The summed E-state index contributed by atoms with van der Waals surface area (Å²) in [6, 6.07) is 47.7. The number of rotatable bonds is 21. The highest BCUT2D eigenvalue weighted by atomic mass is 19.3. The normalized spacial score (nSPS) is 16.2. The first kappa shape index (κ1) is 106. The van der Waals surface area contributed by atoms with Gasteiger partial charge in [-0.2, -0.15) is 20.4 Å². The number of nitrogens with one attached hydrogen (secondary N) is 8. The largest absolute Gasteiger partial charge is 0.378 e. The zero-order chi connectivity index (χ0) is 99.1. The number of carbonyl (C=O) groups is 4. The summed E-state index contributed by atoms with van der Waals surface area (Å²) in [5, 5.41) is 43.9. The van der Waals surface area contributed by atoms with Gasteiger partial charge in [0.1, 0.15) is 23.3 Å². The number of nitrogens with zero attached hydrogens (tertiary/aromatic N) is 20. The van der Waals surface area contributed by atoms with Crippen molar-refractivity contribution in [1.29, 1.82) is 0 Å². The van der Waals surface area contributed by atoms with Gasteiger partial charge < -0.3 is 60.3 Å². The van der Waals surface area contributed by atoms with Gasteiger partial charge >= 0.3 is 0 Å². The third-order valence-electron chi connectivity index (χ3n) is 28.7. The first-order chi connectivity index (χ1) is 71.7. The van der Waals surface area contributed by atoms with Crippen molar-refractivity contribution in [2.24, 2.45) is 0 Å². The van der Waals surface area contributed by atoms with E-state index in [1.54, 1.807) is 37.2 Å². The predicted molar refractivity (Wildman–Crippen MR) is 597 cm³/mol. The number of aromatic amines is 4. The monoisotopic (exact) mass is 2030 g/mol. The Morgan fingerprint density at radius 2 is 0.540 bits per heavy atom. The number of ether oxygens (including phenoxy) is 1. The zero-order valence-corrected chi connectivity index (χ0v) is 81.9. The number of alkyl halides is 2. The fourth-order valence-corrected chi connectivity index (χ4v) is 20.6. The summed E-state index contributed by atoms with van der Waals surface area (Å²) in [7, 11) is 0. The van der Waals surface area contributed by atoms with Crippen LogP contribution < -0.4 is 55.6 Å². The van der Waals surface area contributed by atoms with Crippen LogP contribution in [-0.2, 0) is 11.3 Å². The lowest BCUT2D eigenvalue weighted by molar-refractivity contribution is -0.0566. The molecule has 24 rings (SSSR count). The summed E-state index contributed by atoms with van der Waals surface area (Å²) < 4.78 is 32.5. The van der Waals surface area contributed by atoms with E-state index in [0.29, 0.717) is 70.5 Å². The molecule has 20 heterocycles. The number of halogens is 2. The Labute approximate surface area is 874 Å². The molecule has 8 fully saturated rings. The number of amides is 4. The van der Waals surface area contributed by atoms with Crippen LogP contribution in [0.15, 0.2) is 220 Å². The molecular formula is C115H136F2N28O5. The maximum Gasteiger partial charge on any atom is 0.276 e. The number of pyridine rings is 8. The topological polar surface area (TPSA) is 369 Å². The highest BCUT2D eigenvalue weighted by Crippen LogP contribution is 2.38. The molecular weight excluding hydrogens is 1890 g/mol. The van der Waals surface area contributed by atoms with Gasteiger partial charge in [0.15, 0.2) is 22.8 Å². The van der Waals surface area contributed by atoms with E-state index in [4.69, 9.17) is 4.74 Å². The average molecular weight is 2030 g/mol. The Morgan fingerprint density at radius 1 is 0.280 bits per heavy atom. The van der Waals surface area contributed by atoms with Gasteiger partial charge in [0.2, 0.25) is 0 Å². The molecule has 12 aromatic heterocycles. The van der Waals surface area contributed by atoms with Gasteiger partial charge in [-0.05, 0) is 258 Å². The average Bonchev–Trinajstić information content (AvgIpc) is 1.65. The van der Waals surface area contributed by atoms with Crippen molar-refractivity contribution in [1.82, 2.24) is 85.6 Å². The number of hydrogen-bond acceptors (Lipinski definition) is 25. The maximum atomic E-state index is 13.5. The number of morpholine rings is 1. The van der Waals surface area contributed by atoms with E-state index in [2.05, 4.69) is 154 Å². The fraction of sp³-hybridized carbons (Fsp3) is 0.374. The second-order valence-electron chi connectivity index (χ2n) is 38.8. The van der Waals surface area contributed by atoms with Crippen LogP contribution in [0.1, 0.15) is 199 Å². The minimum atomic E-state index is -2.56. The van der Waals surface area contributed by atoms with E-state index in [1.807, 2.05) is 169 Å². The molecule has 0 unspecified atom stereocenters. The smallest absolute Gasteiger partial charge is 0.276 e. The molecule has 0 atom stereocenters. The van der Waals surface area contributed by atoms with Crippen molar-refractivity contribution in [2.75, 3.05) is 173 Å². The van der Waals surface area contributed by atoms with Gasteiger partial charge in [-0.25, -0.2) is 28.7 Å². The molecule has 0 bridgehead atoms. The number of anilines is 11. The van der Waals surface area contributed by atoms with Crippen LogP contribution in [0.2, 0.25) is 0 Å². The van der Waals surface area contributed by atoms with Crippen molar-refractivity contribution in [2.45, 2.75) is 164 Å². The number of hydrogen-bond donors (Lipinski definition) is 8. The molecule has 8 N–H and O–H groups in total. The lowest BCUT2D eigenvalue weighted by Gasteiger charge is -2.31. The summed E-state index contributed by atoms with van der Waals surface area (Å²) in [5.41, 5.74) is 19.3. The van der Waals surface area contributed by atoms with E-state index < -0.39 is 5.92 Å². The summed E-state index contributed by atoms with van der Waals surface area (Å²) in [6.07, 6.45) is 42.3. The van der Waals surface area contributed by atoms with Gasteiger partial charge in [0, 0.05) is 199 Å². The molecule has 35 heteroatoms. The molecule has 0 saturated carbocycles. The third kappa shape index (κ3) is 25.4. The first-order valence-corrected chi connectivity index (χ1v) is 51.4. The number of H-pyrrole nitrogens is 4. The Balaban J connectivity index is 0.000000135. The molecule has 4 amide bonds. The second-order valence-corrected chi connectivity index (χ2v) is 38.8. The minimum Gasteiger partial charge on any atom is -0.378 e. The van der Waals surface area contributed by atoms with E-state index in [-0.39, 0.29) is 66.2 Å². The van der Waals surface area contributed by atoms with Crippen molar-refractivity contribution in [3.8, 4) is 44.5 Å². The number of fused-ring (bicyclic) bond motifs is 4. The van der Waals surface area contributed by atoms with Gasteiger partial charge in [0.25, 0.3) is 29.6 Å². The van der Waals surface area contributed by atoms with Crippen molar-refractivity contribution in [3.63, 3.8) is 0 Å². The third-order valence-corrected chi connectivity index (χ3v) is 28.7. The van der Waals surface area contributed by atoms with Crippen molar-refractivity contribution in [3.05, 3.63) is 248 Å². The van der Waals surface area contributed by atoms with E-state index in [9.17, 15) is 28.0 Å². The number of carbonyl (C=O) groups excluding carboxylic acids is 4. The highest BCUT2D eigenvalue weighted by Gasteiger charge is 2.35. The lowest BCUT2D eigenvalue weighted by Crippen LogP contribution is -2.38. The number of aromatic nitrogens is 16. The molecule has 0 aliphatic carbocycles. The number of likely N-dealkylation sites (tertiary alicyclic amines) is 1.